The summed E-state index contributed by atoms with van der Waals surface area (Å²) in [7, 11) is 0. The molecule has 0 aromatic heterocycles. The highest BCUT2D eigenvalue weighted by molar-refractivity contribution is 5.68. The molecule has 0 aromatic rings. The zero-order chi connectivity index (χ0) is 10.4. The van der Waals surface area contributed by atoms with Crippen molar-refractivity contribution in [2.24, 2.45) is 11.7 Å². The Hall–Kier alpha value is -1.10. The van der Waals surface area contributed by atoms with Crippen LogP contribution in [-0.4, -0.2) is 28.2 Å². The zero-order valence-electron chi connectivity index (χ0n) is 7.56. The molecule has 0 saturated heterocycles. The van der Waals surface area contributed by atoms with E-state index in [2.05, 4.69) is 0 Å². The van der Waals surface area contributed by atoms with Crippen LogP contribution in [0.15, 0.2) is 0 Å². The van der Waals surface area contributed by atoms with Gasteiger partial charge in [0.05, 0.1) is 6.42 Å². The molecule has 13 heavy (non-hydrogen) atoms. The molecule has 0 bridgehead atoms. The number of hydrogen-bond acceptors (Lipinski definition) is 3. The fraction of sp³-hybridized carbons (Fsp3) is 0.750. The Morgan fingerprint density at radius 3 is 2.08 bits per heavy atom. The molecule has 5 heteroatoms. The van der Waals surface area contributed by atoms with E-state index >= 15 is 0 Å². The number of carbonyl (C=O) groups is 2. The predicted octanol–water partition coefficient (Wildman–Crippen LogP) is 0.289. The number of aliphatic carboxylic acids is 2. The average Bonchev–Trinajstić information content (AvgIpc) is 1.80. The number of hydrogen-bond donors (Lipinski definition) is 3. The van der Waals surface area contributed by atoms with Crippen LogP contribution in [0.5, 0.6) is 0 Å². The van der Waals surface area contributed by atoms with Gasteiger partial charge in [-0.15, -0.1) is 0 Å². The summed E-state index contributed by atoms with van der Waals surface area (Å²) in [5.74, 6) is -1.91. The maximum absolute atomic E-state index is 10.3. The lowest BCUT2D eigenvalue weighted by molar-refractivity contribution is -0.138. The second-order valence-corrected chi connectivity index (χ2v) is 3.30. The highest BCUT2D eigenvalue weighted by Gasteiger charge is 2.14. The first-order chi connectivity index (χ1) is 5.91. The van der Waals surface area contributed by atoms with Crippen LogP contribution in [0.1, 0.15) is 26.2 Å². The van der Waals surface area contributed by atoms with Crippen molar-refractivity contribution in [2.75, 3.05) is 0 Å². The van der Waals surface area contributed by atoms with Crippen LogP contribution in [0.2, 0.25) is 0 Å². The Kier molecular flexibility index (Phi) is 5.06. The fourth-order valence-electron chi connectivity index (χ4n) is 1.21. The summed E-state index contributed by atoms with van der Waals surface area (Å²) >= 11 is 0. The van der Waals surface area contributed by atoms with Crippen LogP contribution >= 0.6 is 0 Å². The van der Waals surface area contributed by atoms with E-state index in [-0.39, 0.29) is 18.8 Å². The van der Waals surface area contributed by atoms with Gasteiger partial charge in [0.1, 0.15) is 0 Å². The minimum absolute atomic E-state index is 0.0350. The van der Waals surface area contributed by atoms with Crippen molar-refractivity contribution in [1.82, 2.24) is 0 Å². The minimum Gasteiger partial charge on any atom is -0.481 e. The Bertz CT molecular complexity index is 173. The standard InChI is InChI=1S/C8H15NO4/c1-5(3-7(10)11)2-6(9)4-8(12)13/h5-6H,2-4,9H2,1H3,(H,10,11)(H,12,13). The smallest absolute Gasteiger partial charge is 0.304 e. The van der Waals surface area contributed by atoms with Gasteiger partial charge in [-0.05, 0) is 12.3 Å². The molecule has 76 valence electrons. The van der Waals surface area contributed by atoms with Crippen LogP contribution in [0.4, 0.5) is 0 Å². The lowest BCUT2D eigenvalue weighted by Gasteiger charge is -2.13. The van der Waals surface area contributed by atoms with Crippen LogP contribution in [0.3, 0.4) is 0 Å². The van der Waals surface area contributed by atoms with Crippen molar-refractivity contribution in [3.05, 3.63) is 0 Å². The van der Waals surface area contributed by atoms with Crippen LogP contribution < -0.4 is 5.73 Å². The van der Waals surface area contributed by atoms with E-state index in [0.717, 1.165) is 0 Å². The first kappa shape index (κ1) is 11.9. The van der Waals surface area contributed by atoms with Crippen molar-refractivity contribution in [2.45, 2.75) is 32.2 Å². The number of rotatable bonds is 6. The molecule has 0 radical (unpaired) electrons. The van der Waals surface area contributed by atoms with Crippen molar-refractivity contribution in [3.63, 3.8) is 0 Å². The molecule has 0 aliphatic carbocycles. The van der Waals surface area contributed by atoms with Gasteiger partial charge in [-0.2, -0.15) is 0 Å². The van der Waals surface area contributed by atoms with E-state index in [1.807, 2.05) is 0 Å². The third kappa shape index (κ3) is 7.27. The van der Waals surface area contributed by atoms with Gasteiger partial charge >= 0.3 is 11.9 Å². The van der Waals surface area contributed by atoms with Crippen LogP contribution in [0, 0.1) is 5.92 Å². The Labute approximate surface area is 76.5 Å². The average molecular weight is 189 g/mol. The van der Waals surface area contributed by atoms with E-state index in [1.165, 1.54) is 0 Å². The molecule has 0 fully saturated rings. The van der Waals surface area contributed by atoms with Gasteiger partial charge in [0.2, 0.25) is 0 Å². The SMILES string of the molecule is CC(CC(=O)O)CC(N)CC(=O)O. The van der Waals surface area contributed by atoms with E-state index in [1.54, 1.807) is 6.92 Å². The van der Waals surface area contributed by atoms with Gasteiger partial charge < -0.3 is 15.9 Å². The molecule has 0 aromatic carbocycles. The maximum atomic E-state index is 10.3. The molecular formula is C8H15NO4. The Morgan fingerprint density at radius 2 is 1.69 bits per heavy atom. The van der Waals surface area contributed by atoms with Gasteiger partial charge in [0.15, 0.2) is 0 Å². The first-order valence-electron chi connectivity index (χ1n) is 4.11. The maximum Gasteiger partial charge on any atom is 0.304 e. The fourth-order valence-corrected chi connectivity index (χ4v) is 1.21. The monoisotopic (exact) mass is 189 g/mol. The molecule has 0 heterocycles. The molecule has 0 saturated carbocycles. The molecule has 2 unspecified atom stereocenters. The van der Waals surface area contributed by atoms with Crippen LogP contribution in [0.25, 0.3) is 0 Å². The number of carboxylic acids is 2. The van der Waals surface area contributed by atoms with Gasteiger partial charge in [-0.1, -0.05) is 6.92 Å². The zero-order valence-corrected chi connectivity index (χ0v) is 7.56. The normalized spacial score (nSPS) is 14.9. The van der Waals surface area contributed by atoms with Gasteiger partial charge in [-0.25, -0.2) is 0 Å². The molecule has 5 nitrogen and oxygen atoms in total. The summed E-state index contributed by atoms with van der Waals surface area (Å²) in [6.45, 7) is 1.75. The highest BCUT2D eigenvalue weighted by Crippen LogP contribution is 2.10. The van der Waals surface area contributed by atoms with Crippen molar-refractivity contribution < 1.29 is 19.8 Å². The minimum atomic E-state index is -0.949. The van der Waals surface area contributed by atoms with Crippen molar-refractivity contribution >= 4 is 11.9 Å². The molecule has 0 rings (SSSR count). The second-order valence-electron chi connectivity index (χ2n) is 3.30. The third-order valence-corrected chi connectivity index (χ3v) is 1.67. The first-order valence-corrected chi connectivity index (χ1v) is 4.11. The molecule has 0 amide bonds. The molecule has 0 aliphatic rings. The molecule has 0 spiro atoms. The lowest BCUT2D eigenvalue weighted by Crippen LogP contribution is -2.26. The third-order valence-electron chi connectivity index (χ3n) is 1.67. The quantitative estimate of drug-likeness (QED) is 0.557. The van der Waals surface area contributed by atoms with Gasteiger partial charge in [0.25, 0.3) is 0 Å². The number of nitrogens with two attached hydrogens (primary N) is 1. The molecule has 0 aliphatic heterocycles. The van der Waals surface area contributed by atoms with E-state index in [0.29, 0.717) is 6.42 Å². The largest absolute Gasteiger partial charge is 0.481 e. The Balaban J connectivity index is 3.70. The van der Waals surface area contributed by atoms with Crippen molar-refractivity contribution in [1.29, 1.82) is 0 Å². The summed E-state index contributed by atoms with van der Waals surface area (Å²) in [4.78, 5) is 20.5. The number of carboxylic acid groups (broad SMARTS) is 2. The van der Waals surface area contributed by atoms with Crippen LogP contribution in [-0.2, 0) is 9.59 Å². The van der Waals surface area contributed by atoms with E-state index in [4.69, 9.17) is 15.9 Å². The lowest BCUT2D eigenvalue weighted by atomic mass is 9.97. The summed E-state index contributed by atoms with van der Waals surface area (Å²) in [6, 6.07) is -0.452. The molecule has 2 atom stereocenters. The Morgan fingerprint density at radius 1 is 1.23 bits per heavy atom. The molecule has 4 N–H and O–H groups in total. The molecular weight excluding hydrogens is 174 g/mol. The summed E-state index contributed by atoms with van der Waals surface area (Å²) in [6.07, 6.45) is 0.357. The van der Waals surface area contributed by atoms with E-state index in [9.17, 15) is 9.59 Å². The van der Waals surface area contributed by atoms with Gasteiger partial charge in [0, 0.05) is 12.5 Å². The van der Waals surface area contributed by atoms with Crippen molar-refractivity contribution in [3.8, 4) is 0 Å². The summed E-state index contributed by atoms with van der Waals surface area (Å²) < 4.78 is 0. The van der Waals surface area contributed by atoms with Gasteiger partial charge in [-0.3, -0.25) is 9.59 Å². The topological polar surface area (TPSA) is 101 Å². The highest BCUT2D eigenvalue weighted by atomic mass is 16.4. The second kappa shape index (κ2) is 5.53. The summed E-state index contributed by atoms with van der Waals surface area (Å²) in [5, 5.41) is 16.8. The predicted molar refractivity (Wildman–Crippen MR) is 46.3 cm³/mol. The summed E-state index contributed by atoms with van der Waals surface area (Å²) in [5.41, 5.74) is 5.48. The van der Waals surface area contributed by atoms with E-state index < -0.39 is 18.0 Å².